The molecule has 0 atom stereocenters. The van der Waals surface area contributed by atoms with Gasteiger partial charge in [-0.15, -0.1) is 0 Å². The average molecular weight is 356 g/mol. The van der Waals surface area contributed by atoms with Gasteiger partial charge in [0.1, 0.15) is 10.6 Å². The van der Waals surface area contributed by atoms with Crippen LogP contribution in [0.25, 0.3) is 0 Å². The van der Waals surface area contributed by atoms with E-state index in [1.54, 1.807) is 30.0 Å². The van der Waals surface area contributed by atoms with E-state index in [1.807, 2.05) is 6.92 Å². The monoisotopic (exact) mass is 356 g/mol. The second-order valence-electron chi connectivity index (χ2n) is 6.47. The number of aromatic nitrogens is 1. The van der Waals surface area contributed by atoms with Crippen LogP contribution in [0.3, 0.4) is 0 Å². The zero-order valence-electron chi connectivity index (χ0n) is 14.9. The van der Waals surface area contributed by atoms with Gasteiger partial charge in [0.05, 0.1) is 0 Å². The number of nitrogens with one attached hydrogen (secondary N) is 1. The van der Waals surface area contributed by atoms with Gasteiger partial charge in [-0.2, -0.15) is 4.31 Å². The van der Waals surface area contributed by atoms with E-state index in [4.69, 9.17) is 0 Å². The molecule has 1 saturated heterocycles. The summed E-state index contributed by atoms with van der Waals surface area (Å²) in [7, 11) is 1.40. The van der Waals surface area contributed by atoms with Crippen LogP contribution in [0.1, 0.15) is 36.7 Å². The largest absolute Gasteiger partial charge is 0.345 e. The van der Waals surface area contributed by atoms with E-state index in [0.29, 0.717) is 12.2 Å². The first-order valence-corrected chi connectivity index (χ1v) is 9.83. The second kappa shape index (κ2) is 7.67. The smallest absolute Gasteiger partial charge is 0.269 e. The van der Waals surface area contributed by atoms with Crippen molar-refractivity contribution in [3.8, 4) is 0 Å². The van der Waals surface area contributed by atoms with E-state index in [2.05, 4.69) is 5.32 Å². The van der Waals surface area contributed by atoms with Gasteiger partial charge in [0.2, 0.25) is 10.0 Å². The topological polar surface area (TPSA) is 74.7 Å². The van der Waals surface area contributed by atoms with Gasteiger partial charge in [-0.05, 0) is 38.4 Å². The van der Waals surface area contributed by atoms with Crippen LogP contribution in [0.5, 0.6) is 0 Å². The highest BCUT2D eigenvalue weighted by Crippen LogP contribution is 2.24. The lowest BCUT2D eigenvalue weighted by Gasteiger charge is -2.33. The molecule has 1 aromatic rings. The molecule has 0 spiro atoms. The molecule has 1 N–H and O–H groups in total. The summed E-state index contributed by atoms with van der Waals surface area (Å²) in [6, 6.07) is 1.51. The Morgan fingerprint density at radius 3 is 2.50 bits per heavy atom. The van der Waals surface area contributed by atoms with Gasteiger partial charge in [-0.3, -0.25) is 4.79 Å². The van der Waals surface area contributed by atoms with E-state index >= 15 is 0 Å². The zero-order valence-corrected chi connectivity index (χ0v) is 15.8. The van der Waals surface area contributed by atoms with Crippen LogP contribution in [0, 0.1) is 0 Å². The van der Waals surface area contributed by atoms with Crippen molar-refractivity contribution in [1.29, 1.82) is 0 Å². The number of aryl methyl sites for hydroxylation is 1. The number of carbonyl (C=O) groups excluding carboxylic acids is 1. The number of piperidine rings is 1. The maximum atomic E-state index is 13.1. The number of hydrogen-bond acceptors (Lipinski definition) is 4. The van der Waals surface area contributed by atoms with Gasteiger partial charge < -0.3 is 14.8 Å². The quantitative estimate of drug-likeness (QED) is 0.821. The van der Waals surface area contributed by atoms with Crippen molar-refractivity contribution >= 4 is 15.9 Å². The minimum absolute atomic E-state index is 0.0180. The molecule has 0 radical (unpaired) electrons. The maximum Gasteiger partial charge on any atom is 0.269 e. The third-order valence-electron chi connectivity index (χ3n) is 4.37. The summed E-state index contributed by atoms with van der Waals surface area (Å²) in [5, 5.41) is 3.27. The molecule has 1 amide bonds. The Bertz CT molecular complexity index is 675. The molecular weight excluding hydrogens is 328 g/mol. The molecule has 8 heteroatoms. The van der Waals surface area contributed by atoms with Crippen molar-refractivity contribution < 1.29 is 13.2 Å². The third-order valence-corrected chi connectivity index (χ3v) is 6.29. The Hall–Kier alpha value is -1.38. The van der Waals surface area contributed by atoms with Crippen LogP contribution in [0.4, 0.5) is 0 Å². The van der Waals surface area contributed by atoms with Gasteiger partial charge in [-0.25, -0.2) is 8.42 Å². The average Bonchev–Trinajstić information content (AvgIpc) is 2.95. The summed E-state index contributed by atoms with van der Waals surface area (Å²) in [5.41, 5.74) is 0.375. The SMILES string of the molecule is CCCN(C1CCNCC1)S(=O)(=O)c1cc(C(=O)N(C)C)n(C)c1. The Morgan fingerprint density at radius 2 is 1.96 bits per heavy atom. The first-order chi connectivity index (χ1) is 11.3. The molecule has 0 aliphatic carbocycles. The summed E-state index contributed by atoms with van der Waals surface area (Å²) in [5.74, 6) is -0.206. The number of rotatable bonds is 6. The fraction of sp³-hybridized carbons (Fsp3) is 0.688. The predicted octanol–water partition coefficient (Wildman–Crippen LogP) is 0.880. The fourth-order valence-corrected chi connectivity index (χ4v) is 4.92. The van der Waals surface area contributed by atoms with Gasteiger partial charge in [-0.1, -0.05) is 6.92 Å². The van der Waals surface area contributed by atoms with Crippen LogP contribution in [-0.4, -0.2) is 67.9 Å². The van der Waals surface area contributed by atoms with Gasteiger partial charge in [0, 0.05) is 39.9 Å². The molecule has 0 bridgehead atoms. The highest BCUT2D eigenvalue weighted by molar-refractivity contribution is 7.89. The highest BCUT2D eigenvalue weighted by atomic mass is 32.2. The molecule has 24 heavy (non-hydrogen) atoms. The van der Waals surface area contributed by atoms with Crippen molar-refractivity contribution in [3.05, 3.63) is 18.0 Å². The number of sulfonamides is 1. The first-order valence-electron chi connectivity index (χ1n) is 8.39. The van der Waals surface area contributed by atoms with Crippen molar-refractivity contribution in [2.45, 2.75) is 37.1 Å². The van der Waals surface area contributed by atoms with Gasteiger partial charge >= 0.3 is 0 Å². The van der Waals surface area contributed by atoms with Crippen LogP contribution < -0.4 is 5.32 Å². The predicted molar refractivity (Wildman–Crippen MR) is 93.5 cm³/mol. The molecule has 1 aliphatic rings. The summed E-state index contributed by atoms with van der Waals surface area (Å²) in [6.45, 7) is 4.15. The maximum absolute atomic E-state index is 13.1. The summed E-state index contributed by atoms with van der Waals surface area (Å²) >= 11 is 0. The molecule has 0 saturated carbocycles. The molecule has 1 fully saturated rings. The van der Waals surface area contributed by atoms with E-state index < -0.39 is 10.0 Å². The van der Waals surface area contributed by atoms with Crippen LogP contribution in [0.15, 0.2) is 17.2 Å². The Kier molecular flexibility index (Phi) is 6.06. The molecule has 1 aromatic heterocycles. The molecule has 2 rings (SSSR count). The number of nitrogens with zero attached hydrogens (tertiary/aromatic N) is 3. The molecule has 7 nitrogen and oxygen atoms in total. The normalized spacial score (nSPS) is 16.5. The molecule has 2 heterocycles. The van der Waals surface area contributed by atoms with E-state index in [0.717, 1.165) is 32.4 Å². The summed E-state index contributed by atoms with van der Waals surface area (Å²) in [4.78, 5) is 13.8. The first kappa shape index (κ1) is 19.0. The minimum Gasteiger partial charge on any atom is -0.345 e. The molecule has 1 aliphatic heterocycles. The second-order valence-corrected chi connectivity index (χ2v) is 8.36. The lowest BCUT2D eigenvalue weighted by molar-refractivity contribution is 0.0818. The lowest BCUT2D eigenvalue weighted by atomic mass is 10.1. The molecular formula is C16H28N4O3S. The number of amides is 1. The zero-order chi connectivity index (χ0) is 17.9. The summed E-state index contributed by atoms with van der Waals surface area (Å²) in [6.07, 6.45) is 3.93. The van der Waals surface area contributed by atoms with Crippen molar-refractivity contribution in [1.82, 2.24) is 19.1 Å². The molecule has 0 aromatic carbocycles. The van der Waals surface area contributed by atoms with E-state index in [9.17, 15) is 13.2 Å². The Balaban J connectivity index is 2.36. The number of hydrogen-bond donors (Lipinski definition) is 1. The Labute approximate surface area is 144 Å². The van der Waals surface area contributed by atoms with Crippen molar-refractivity contribution in [3.63, 3.8) is 0 Å². The molecule has 0 unspecified atom stereocenters. The van der Waals surface area contributed by atoms with E-state index in [1.165, 1.54) is 17.2 Å². The van der Waals surface area contributed by atoms with Gasteiger partial charge in [0.25, 0.3) is 5.91 Å². The van der Waals surface area contributed by atoms with Crippen LogP contribution in [-0.2, 0) is 17.1 Å². The van der Waals surface area contributed by atoms with Gasteiger partial charge in [0.15, 0.2) is 0 Å². The lowest BCUT2D eigenvalue weighted by Crippen LogP contribution is -2.46. The van der Waals surface area contributed by atoms with Crippen LogP contribution in [0.2, 0.25) is 0 Å². The van der Waals surface area contributed by atoms with Crippen molar-refractivity contribution in [2.24, 2.45) is 7.05 Å². The highest BCUT2D eigenvalue weighted by Gasteiger charge is 2.33. The minimum atomic E-state index is -3.61. The van der Waals surface area contributed by atoms with E-state index in [-0.39, 0.29) is 16.8 Å². The number of carbonyl (C=O) groups is 1. The molecule has 136 valence electrons. The standard InChI is InChI=1S/C16H28N4O3S/c1-5-10-20(13-6-8-17-9-7-13)24(22,23)14-11-15(19(4)12-14)16(21)18(2)3/h11-13,17H,5-10H2,1-4H3. The van der Waals surface area contributed by atoms with Crippen molar-refractivity contribution in [2.75, 3.05) is 33.7 Å². The summed E-state index contributed by atoms with van der Waals surface area (Å²) < 4.78 is 29.5. The van der Waals surface area contributed by atoms with Crippen LogP contribution >= 0.6 is 0 Å². The Morgan fingerprint density at radius 1 is 1.33 bits per heavy atom. The fourth-order valence-electron chi connectivity index (χ4n) is 3.07. The third kappa shape index (κ3) is 3.81.